The molecule has 0 N–H and O–H groups in total. The Hall–Kier alpha value is -0.350. The predicted octanol–water partition coefficient (Wildman–Crippen LogP) is 2.63. The Morgan fingerprint density at radius 2 is 1.60 bits per heavy atom. The van der Waals surface area contributed by atoms with Crippen molar-refractivity contribution in [3.05, 3.63) is 0 Å². The van der Waals surface area contributed by atoms with Gasteiger partial charge in [0.05, 0.1) is 0 Å². The number of hydrogen-bond donors (Lipinski definition) is 0. The molecule has 0 heterocycles. The van der Waals surface area contributed by atoms with Crippen LogP contribution in [0.15, 0.2) is 0 Å². The van der Waals surface area contributed by atoms with Crippen LogP contribution in [0.5, 0.6) is 0 Å². The monoisotopic (exact) mass is 162 g/mol. The highest BCUT2D eigenvalue weighted by Gasteiger charge is 2.40. The van der Waals surface area contributed by atoms with E-state index in [1.54, 1.807) is 0 Å². The van der Waals surface area contributed by atoms with Crippen molar-refractivity contribution in [2.24, 2.45) is 0 Å². The molecular formula is C5H7F5. The van der Waals surface area contributed by atoms with Crippen LogP contribution in [0.3, 0.4) is 0 Å². The Bertz CT molecular complexity index is 94.7. The topological polar surface area (TPSA) is 0 Å². The third kappa shape index (κ3) is 3.63. The van der Waals surface area contributed by atoms with Gasteiger partial charge in [-0.25, -0.2) is 8.78 Å². The second kappa shape index (κ2) is 3.16. The van der Waals surface area contributed by atoms with Gasteiger partial charge in [0.25, 0.3) is 0 Å². The zero-order chi connectivity index (χ0) is 8.36. The van der Waals surface area contributed by atoms with E-state index < -0.39 is 24.9 Å². The lowest BCUT2D eigenvalue weighted by Crippen LogP contribution is -2.26. The summed E-state index contributed by atoms with van der Waals surface area (Å²) in [5, 5.41) is 0. The molecule has 0 aliphatic heterocycles. The summed E-state index contributed by atoms with van der Waals surface area (Å²) in [6.45, 7) is 0.887. The zero-order valence-corrected chi connectivity index (χ0v) is 5.25. The molecule has 62 valence electrons. The van der Waals surface area contributed by atoms with Gasteiger partial charge in [0.15, 0.2) is 6.17 Å². The Morgan fingerprint density at radius 1 is 1.20 bits per heavy atom. The minimum absolute atomic E-state index is 0.887. The Morgan fingerprint density at radius 3 is 1.70 bits per heavy atom. The lowest BCUT2D eigenvalue weighted by Gasteiger charge is -2.11. The van der Waals surface area contributed by atoms with Crippen molar-refractivity contribution in [3.63, 3.8) is 0 Å². The molecule has 0 fully saturated rings. The van der Waals surface area contributed by atoms with E-state index in [0.29, 0.717) is 0 Å². The molecule has 0 aromatic heterocycles. The number of alkyl halides is 5. The van der Waals surface area contributed by atoms with E-state index in [0.717, 1.165) is 6.92 Å². The van der Waals surface area contributed by atoms with Crippen LogP contribution < -0.4 is 0 Å². The summed E-state index contributed by atoms with van der Waals surface area (Å²) in [6, 6.07) is 0. The van der Waals surface area contributed by atoms with Crippen LogP contribution in [0.2, 0.25) is 0 Å². The molecule has 0 radical (unpaired) electrons. The summed E-state index contributed by atoms with van der Waals surface area (Å²) >= 11 is 0. The molecule has 0 aromatic carbocycles. The molecule has 2 unspecified atom stereocenters. The molecule has 0 saturated heterocycles. The zero-order valence-electron chi connectivity index (χ0n) is 5.25. The first-order chi connectivity index (χ1) is 4.34. The lowest BCUT2D eigenvalue weighted by atomic mass is 10.2. The standard InChI is InChI=1S/C5H7F5/c1-3(6)2-4(7)5(8,9)10/h3-4H,2H2,1H3. The van der Waals surface area contributed by atoms with Crippen molar-refractivity contribution in [2.75, 3.05) is 0 Å². The van der Waals surface area contributed by atoms with Gasteiger partial charge >= 0.3 is 6.18 Å². The maximum atomic E-state index is 11.8. The highest BCUT2D eigenvalue weighted by Crippen LogP contribution is 2.26. The van der Waals surface area contributed by atoms with Crippen molar-refractivity contribution >= 4 is 0 Å². The van der Waals surface area contributed by atoms with Crippen LogP contribution >= 0.6 is 0 Å². The first-order valence-corrected chi connectivity index (χ1v) is 2.69. The third-order valence-electron chi connectivity index (χ3n) is 0.887. The van der Waals surface area contributed by atoms with Crippen LogP contribution in [0.4, 0.5) is 22.0 Å². The molecule has 10 heavy (non-hydrogen) atoms. The minimum atomic E-state index is -4.92. The average molecular weight is 162 g/mol. The van der Waals surface area contributed by atoms with Crippen LogP contribution in [-0.2, 0) is 0 Å². The molecule has 5 heteroatoms. The van der Waals surface area contributed by atoms with Gasteiger partial charge in [-0.2, -0.15) is 13.2 Å². The summed E-state index contributed by atoms with van der Waals surface area (Å²) in [6.07, 6.45) is -10.8. The van der Waals surface area contributed by atoms with Gasteiger partial charge in [-0.1, -0.05) is 0 Å². The first kappa shape index (κ1) is 9.65. The summed E-state index contributed by atoms with van der Waals surface area (Å²) in [4.78, 5) is 0. The summed E-state index contributed by atoms with van der Waals surface area (Å²) in [7, 11) is 0. The Kier molecular flexibility index (Phi) is 3.05. The molecule has 0 aliphatic rings. The molecule has 0 aromatic rings. The second-order valence-corrected chi connectivity index (χ2v) is 2.03. The van der Waals surface area contributed by atoms with Gasteiger partial charge < -0.3 is 0 Å². The smallest absolute Gasteiger partial charge is 0.248 e. The van der Waals surface area contributed by atoms with Crippen molar-refractivity contribution in [1.29, 1.82) is 0 Å². The minimum Gasteiger partial charge on any atom is -0.248 e. The van der Waals surface area contributed by atoms with Crippen LogP contribution in [0.25, 0.3) is 0 Å². The second-order valence-electron chi connectivity index (χ2n) is 2.03. The van der Waals surface area contributed by atoms with Gasteiger partial charge in [-0.15, -0.1) is 0 Å². The quantitative estimate of drug-likeness (QED) is 0.547. The van der Waals surface area contributed by atoms with Crippen LogP contribution in [0.1, 0.15) is 13.3 Å². The fourth-order valence-electron chi connectivity index (χ4n) is 0.419. The molecule has 0 spiro atoms. The number of halogens is 5. The van der Waals surface area contributed by atoms with Gasteiger partial charge in [-0.3, -0.25) is 0 Å². The van der Waals surface area contributed by atoms with Crippen molar-refractivity contribution in [3.8, 4) is 0 Å². The van der Waals surface area contributed by atoms with E-state index in [-0.39, 0.29) is 0 Å². The van der Waals surface area contributed by atoms with E-state index in [4.69, 9.17) is 0 Å². The van der Waals surface area contributed by atoms with Crippen LogP contribution in [0, 0.1) is 0 Å². The number of hydrogen-bond acceptors (Lipinski definition) is 0. The molecule has 0 nitrogen and oxygen atoms in total. The highest BCUT2D eigenvalue weighted by atomic mass is 19.4. The summed E-state index contributed by atoms with van der Waals surface area (Å²) < 4.78 is 57.3. The summed E-state index contributed by atoms with van der Waals surface area (Å²) in [5.41, 5.74) is 0. The molecule has 0 amide bonds. The van der Waals surface area contributed by atoms with Gasteiger partial charge in [0, 0.05) is 6.42 Å². The first-order valence-electron chi connectivity index (χ1n) is 2.69. The third-order valence-corrected chi connectivity index (χ3v) is 0.887. The van der Waals surface area contributed by atoms with E-state index in [1.165, 1.54) is 0 Å². The van der Waals surface area contributed by atoms with Crippen LogP contribution in [-0.4, -0.2) is 18.5 Å². The normalized spacial score (nSPS) is 18.6. The van der Waals surface area contributed by atoms with Crippen molar-refractivity contribution < 1.29 is 22.0 Å². The van der Waals surface area contributed by atoms with Gasteiger partial charge in [0.2, 0.25) is 0 Å². The lowest BCUT2D eigenvalue weighted by molar-refractivity contribution is -0.184. The van der Waals surface area contributed by atoms with E-state index in [9.17, 15) is 22.0 Å². The van der Waals surface area contributed by atoms with Gasteiger partial charge in [0.1, 0.15) is 6.17 Å². The SMILES string of the molecule is CC(F)CC(F)C(F)(F)F. The van der Waals surface area contributed by atoms with Crippen molar-refractivity contribution in [2.45, 2.75) is 31.9 Å². The maximum absolute atomic E-state index is 11.8. The van der Waals surface area contributed by atoms with Gasteiger partial charge in [-0.05, 0) is 6.92 Å². The Labute approximate surface area is 55.0 Å². The predicted molar refractivity (Wildman–Crippen MR) is 26.1 cm³/mol. The number of rotatable bonds is 2. The molecule has 0 saturated carbocycles. The van der Waals surface area contributed by atoms with E-state index in [2.05, 4.69) is 0 Å². The summed E-state index contributed by atoms with van der Waals surface area (Å²) in [5.74, 6) is 0. The maximum Gasteiger partial charge on any atom is 0.419 e. The molecular weight excluding hydrogens is 155 g/mol. The largest absolute Gasteiger partial charge is 0.419 e. The molecule has 0 aliphatic carbocycles. The molecule has 0 rings (SSSR count). The fourth-order valence-corrected chi connectivity index (χ4v) is 0.419. The van der Waals surface area contributed by atoms with E-state index in [1.807, 2.05) is 0 Å². The Balaban J connectivity index is 3.73. The van der Waals surface area contributed by atoms with E-state index >= 15 is 0 Å². The van der Waals surface area contributed by atoms with Crippen molar-refractivity contribution in [1.82, 2.24) is 0 Å². The molecule has 0 bridgehead atoms. The fraction of sp³-hybridized carbons (Fsp3) is 1.00. The molecule has 2 atom stereocenters. The highest BCUT2D eigenvalue weighted by molar-refractivity contribution is 4.68. The average Bonchev–Trinajstić information content (AvgIpc) is 1.60.